The van der Waals surface area contributed by atoms with Crippen molar-refractivity contribution in [3.05, 3.63) is 49.9 Å². The van der Waals surface area contributed by atoms with E-state index in [1.807, 2.05) is 18.2 Å². The van der Waals surface area contributed by atoms with E-state index in [0.29, 0.717) is 16.5 Å². The average Bonchev–Trinajstić information content (AvgIpc) is 2.72. The van der Waals surface area contributed by atoms with E-state index in [1.165, 1.54) is 0 Å². The zero-order valence-electron chi connectivity index (χ0n) is 8.99. The summed E-state index contributed by atoms with van der Waals surface area (Å²) in [5.41, 5.74) is 2.03. The molecule has 0 aliphatic rings. The molecule has 0 atom stereocenters. The fraction of sp³-hybridized carbons (Fsp3) is 0.250. The lowest BCUT2D eigenvalue weighted by Crippen LogP contribution is -1.92. The first-order valence-corrected chi connectivity index (χ1v) is 7.44. The zero-order valence-corrected chi connectivity index (χ0v) is 12.2. The van der Waals surface area contributed by atoms with Crippen LogP contribution in [0.5, 0.6) is 0 Å². The lowest BCUT2D eigenvalue weighted by molar-refractivity contribution is 1.03. The first kappa shape index (κ1) is 13.2. The van der Waals surface area contributed by atoms with Crippen molar-refractivity contribution >= 4 is 47.2 Å². The van der Waals surface area contributed by atoms with Crippen LogP contribution in [0.15, 0.2) is 23.6 Å². The maximum Gasteiger partial charge on any atom is 0.0973 e. The number of rotatable bonds is 4. The van der Waals surface area contributed by atoms with Crippen LogP contribution in [-0.2, 0) is 12.8 Å². The van der Waals surface area contributed by atoms with Gasteiger partial charge in [0.25, 0.3) is 0 Å². The molecule has 1 nitrogen and oxygen atoms in total. The fourth-order valence-corrected chi connectivity index (χ4v) is 3.11. The molecule has 2 aromatic rings. The van der Waals surface area contributed by atoms with Gasteiger partial charge < -0.3 is 0 Å². The minimum atomic E-state index is 0.690. The summed E-state index contributed by atoms with van der Waals surface area (Å²) in [5.74, 6) is 0.815. The van der Waals surface area contributed by atoms with Crippen LogP contribution >= 0.6 is 47.2 Å². The number of hydrogen-bond acceptors (Lipinski definition) is 3. The molecule has 0 saturated carbocycles. The minimum Gasteiger partial charge on any atom is -0.246 e. The van der Waals surface area contributed by atoms with Crippen LogP contribution in [0.4, 0.5) is 0 Å². The van der Waals surface area contributed by atoms with Crippen LogP contribution < -0.4 is 0 Å². The Balaban J connectivity index is 2.19. The van der Waals surface area contributed by atoms with Crippen molar-refractivity contribution in [3.63, 3.8) is 0 Å². The molecule has 0 spiro atoms. The van der Waals surface area contributed by atoms with Crippen molar-refractivity contribution in [2.24, 2.45) is 0 Å². The third-order valence-corrected chi connectivity index (χ3v) is 4.19. The molecule has 0 bridgehead atoms. The maximum absolute atomic E-state index is 6.13. The SMILES string of the molecule is SCCc1csc(Cc2c(Cl)cccc2Cl)n1. The van der Waals surface area contributed by atoms with Crippen molar-refractivity contribution in [1.29, 1.82) is 0 Å². The quantitative estimate of drug-likeness (QED) is 0.820. The summed E-state index contributed by atoms with van der Waals surface area (Å²) in [6.07, 6.45) is 1.59. The number of aromatic nitrogens is 1. The molecule has 17 heavy (non-hydrogen) atoms. The Kier molecular flexibility index (Phi) is 4.74. The Hall–Kier alpha value is -0.220. The molecule has 5 heteroatoms. The second-order valence-electron chi connectivity index (χ2n) is 3.58. The monoisotopic (exact) mass is 303 g/mol. The largest absolute Gasteiger partial charge is 0.246 e. The van der Waals surface area contributed by atoms with E-state index in [1.54, 1.807) is 11.3 Å². The highest BCUT2D eigenvalue weighted by molar-refractivity contribution is 7.80. The summed E-state index contributed by atoms with van der Waals surface area (Å²) in [7, 11) is 0. The molecule has 0 saturated heterocycles. The molecule has 0 aliphatic heterocycles. The van der Waals surface area contributed by atoms with E-state index < -0.39 is 0 Å². The summed E-state index contributed by atoms with van der Waals surface area (Å²) in [5, 5.41) is 4.50. The number of hydrogen-bond donors (Lipinski definition) is 1. The first-order chi connectivity index (χ1) is 8.20. The van der Waals surface area contributed by atoms with E-state index >= 15 is 0 Å². The van der Waals surface area contributed by atoms with E-state index in [2.05, 4.69) is 23.0 Å². The predicted octanol–water partition coefficient (Wildman–Crippen LogP) is 4.51. The predicted molar refractivity (Wildman–Crippen MR) is 78.9 cm³/mol. The average molecular weight is 304 g/mol. The summed E-state index contributed by atoms with van der Waals surface area (Å²) < 4.78 is 0. The van der Waals surface area contributed by atoms with Crippen LogP contribution in [0.3, 0.4) is 0 Å². The second kappa shape index (κ2) is 6.10. The van der Waals surface area contributed by atoms with Crippen molar-refractivity contribution in [1.82, 2.24) is 4.98 Å². The van der Waals surface area contributed by atoms with Crippen molar-refractivity contribution in [2.75, 3.05) is 5.75 Å². The Morgan fingerprint density at radius 3 is 2.59 bits per heavy atom. The molecule has 0 amide bonds. The van der Waals surface area contributed by atoms with Crippen LogP contribution in [0.2, 0.25) is 10.0 Å². The van der Waals surface area contributed by atoms with Gasteiger partial charge in [-0.2, -0.15) is 12.6 Å². The standard InChI is InChI=1S/C12H11Cl2NS2/c13-10-2-1-3-11(14)9(10)6-12-15-8(4-5-16)7-17-12/h1-3,7,16H,4-6H2. The molecule has 90 valence electrons. The summed E-state index contributed by atoms with van der Waals surface area (Å²) in [6.45, 7) is 0. The summed E-state index contributed by atoms with van der Waals surface area (Å²) in [6, 6.07) is 5.55. The molecule has 0 radical (unpaired) electrons. The number of benzene rings is 1. The lowest BCUT2D eigenvalue weighted by Gasteiger charge is -2.04. The Labute approximate surface area is 120 Å². The van der Waals surface area contributed by atoms with Gasteiger partial charge >= 0.3 is 0 Å². The van der Waals surface area contributed by atoms with Gasteiger partial charge in [0.1, 0.15) is 0 Å². The molecule has 0 unspecified atom stereocenters. The topological polar surface area (TPSA) is 12.9 Å². The molecule has 0 N–H and O–H groups in total. The van der Waals surface area contributed by atoms with Crippen LogP contribution in [0, 0.1) is 0 Å². The first-order valence-electron chi connectivity index (χ1n) is 5.17. The molecule has 0 aliphatic carbocycles. The van der Waals surface area contributed by atoms with E-state index in [9.17, 15) is 0 Å². The van der Waals surface area contributed by atoms with Gasteiger partial charge in [-0.15, -0.1) is 11.3 Å². The Bertz CT molecular complexity index is 491. The van der Waals surface area contributed by atoms with E-state index in [4.69, 9.17) is 23.2 Å². The van der Waals surface area contributed by atoms with Gasteiger partial charge in [0.2, 0.25) is 0 Å². The van der Waals surface area contributed by atoms with Crippen molar-refractivity contribution in [2.45, 2.75) is 12.8 Å². The molecule has 2 rings (SSSR count). The fourth-order valence-electron chi connectivity index (χ4n) is 1.51. The van der Waals surface area contributed by atoms with Gasteiger partial charge in [0.15, 0.2) is 0 Å². The van der Waals surface area contributed by atoms with Gasteiger partial charge in [-0.3, -0.25) is 0 Å². The third-order valence-electron chi connectivity index (χ3n) is 2.36. The number of halogens is 2. The summed E-state index contributed by atoms with van der Waals surface area (Å²) >= 11 is 18.1. The number of aryl methyl sites for hydroxylation is 1. The molecule has 1 aromatic carbocycles. The van der Waals surface area contributed by atoms with Crippen LogP contribution in [0.1, 0.15) is 16.3 Å². The number of thiol groups is 1. The van der Waals surface area contributed by atoms with Crippen molar-refractivity contribution < 1.29 is 0 Å². The smallest absolute Gasteiger partial charge is 0.0973 e. The molecular weight excluding hydrogens is 293 g/mol. The van der Waals surface area contributed by atoms with Gasteiger partial charge in [-0.25, -0.2) is 4.98 Å². The van der Waals surface area contributed by atoms with Crippen molar-refractivity contribution in [3.8, 4) is 0 Å². The van der Waals surface area contributed by atoms with E-state index in [0.717, 1.165) is 28.4 Å². The maximum atomic E-state index is 6.13. The van der Waals surface area contributed by atoms with Crippen LogP contribution in [0.25, 0.3) is 0 Å². The van der Waals surface area contributed by atoms with Gasteiger partial charge in [-0.05, 0) is 29.9 Å². The van der Waals surface area contributed by atoms with Gasteiger partial charge in [0.05, 0.1) is 10.7 Å². The molecular formula is C12H11Cl2NS2. The van der Waals surface area contributed by atoms with Gasteiger partial charge in [-0.1, -0.05) is 29.3 Å². The summed E-state index contributed by atoms with van der Waals surface area (Å²) in [4.78, 5) is 4.53. The normalized spacial score (nSPS) is 10.8. The highest BCUT2D eigenvalue weighted by Gasteiger charge is 2.09. The lowest BCUT2D eigenvalue weighted by atomic mass is 10.1. The highest BCUT2D eigenvalue weighted by atomic mass is 35.5. The third kappa shape index (κ3) is 3.38. The number of thiazole rings is 1. The minimum absolute atomic E-state index is 0.690. The highest BCUT2D eigenvalue weighted by Crippen LogP contribution is 2.27. The Morgan fingerprint density at radius 1 is 1.24 bits per heavy atom. The Morgan fingerprint density at radius 2 is 1.94 bits per heavy atom. The second-order valence-corrected chi connectivity index (χ2v) is 5.79. The van der Waals surface area contributed by atoms with E-state index in [-0.39, 0.29) is 0 Å². The zero-order chi connectivity index (χ0) is 12.3. The molecule has 1 heterocycles. The van der Waals surface area contributed by atoms with Gasteiger partial charge in [0, 0.05) is 21.8 Å². The number of nitrogens with zero attached hydrogens (tertiary/aromatic N) is 1. The molecule has 0 fully saturated rings. The van der Waals surface area contributed by atoms with Crippen LogP contribution in [-0.4, -0.2) is 10.7 Å². The molecule has 1 aromatic heterocycles.